The minimum Gasteiger partial charge on any atom is -0.487 e. The molecule has 5 nitrogen and oxygen atoms in total. The molecular weight excluding hydrogens is 290 g/mol. The molecule has 0 aliphatic heterocycles. The first-order chi connectivity index (χ1) is 8.52. The van der Waals surface area contributed by atoms with E-state index in [1.807, 2.05) is 24.3 Å². The summed E-state index contributed by atoms with van der Waals surface area (Å²) in [4.78, 5) is 4.34. The monoisotopic (exact) mass is 301 g/mol. The van der Waals surface area contributed by atoms with Gasteiger partial charge in [0, 0.05) is 0 Å². The fraction of sp³-hybridized carbons (Fsp3) is 0.100. The summed E-state index contributed by atoms with van der Waals surface area (Å²) in [6, 6.07) is 7.93. The van der Waals surface area contributed by atoms with Crippen LogP contribution in [0.2, 0.25) is 0 Å². The highest BCUT2D eigenvalue weighted by molar-refractivity contribution is 7.80. The molecule has 2 rings (SSSR count). The number of aliphatic hydroxyl groups excluding tert-OH is 1. The molecule has 0 saturated carbocycles. The van der Waals surface area contributed by atoms with Crippen LogP contribution in [0, 0.1) is 0 Å². The van der Waals surface area contributed by atoms with Gasteiger partial charge in [0.15, 0.2) is 5.13 Å². The number of ether oxygens (including phenoxy) is 1. The van der Waals surface area contributed by atoms with Crippen LogP contribution in [-0.4, -0.2) is 27.5 Å². The zero-order valence-electron chi connectivity index (χ0n) is 9.41. The summed E-state index contributed by atoms with van der Waals surface area (Å²) in [5.74, 6) is 0. The maximum atomic E-state index is 7.56. The van der Waals surface area contributed by atoms with Crippen molar-refractivity contribution in [3.05, 3.63) is 24.3 Å². The van der Waals surface area contributed by atoms with Gasteiger partial charge in [0.05, 0.1) is 17.3 Å². The van der Waals surface area contributed by atoms with Crippen LogP contribution in [0.1, 0.15) is 0 Å². The Morgan fingerprint density at radius 1 is 1.44 bits per heavy atom. The molecule has 0 spiro atoms. The molecule has 0 aliphatic rings. The number of rotatable bonds is 1. The van der Waals surface area contributed by atoms with Crippen LogP contribution < -0.4 is 11.1 Å². The van der Waals surface area contributed by atoms with Crippen LogP contribution in [0.25, 0.3) is 10.2 Å². The van der Waals surface area contributed by atoms with E-state index in [0.717, 1.165) is 15.3 Å². The molecule has 0 atom stereocenters. The molecule has 0 amide bonds. The van der Waals surface area contributed by atoms with Gasteiger partial charge in [-0.25, -0.2) is 4.98 Å². The Bertz CT molecular complexity index is 519. The number of benzene rings is 1. The summed E-state index contributed by atoms with van der Waals surface area (Å²) in [6.45, 7) is 0. The van der Waals surface area contributed by atoms with Crippen LogP contribution in [0.5, 0.6) is 0 Å². The summed E-state index contributed by atoms with van der Waals surface area (Å²) in [7, 11) is 1.53. The smallest absolute Gasteiger partial charge is 0.262 e. The van der Waals surface area contributed by atoms with Crippen molar-refractivity contribution in [3.63, 3.8) is 0 Å². The second-order valence-corrected chi connectivity index (χ2v) is 4.76. The molecule has 1 aromatic heterocycles. The lowest BCUT2D eigenvalue weighted by atomic mass is 10.3. The molecule has 0 radical (unpaired) electrons. The average Bonchev–Trinajstić information content (AvgIpc) is 2.70. The van der Waals surface area contributed by atoms with Crippen LogP contribution in [-0.2, 0) is 4.74 Å². The fourth-order valence-corrected chi connectivity index (χ4v) is 2.09. The quantitative estimate of drug-likeness (QED) is 0.698. The number of nitrogens with zero attached hydrogens (tertiary/aromatic N) is 1. The molecule has 2 aromatic rings. The second kappa shape index (κ2) is 7.04. The van der Waals surface area contributed by atoms with Gasteiger partial charge in [-0.2, -0.15) is 0 Å². The normalized spacial score (nSPS) is 9.17. The Morgan fingerprint density at radius 2 is 2.06 bits per heavy atom. The number of anilines is 1. The van der Waals surface area contributed by atoms with Crippen molar-refractivity contribution in [3.8, 4) is 0 Å². The number of nitrogens with one attached hydrogen (secondary N) is 1. The van der Waals surface area contributed by atoms with Gasteiger partial charge in [-0.1, -0.05) is 23.5 Å². The summed E-state index contributed by atoms with van der Waals surface area (Å²) in [5.41, 5.74) is 5.37. The van der Waals surface area contributed by atoms with E-state index in [1.165, 1.54) is 7.11 Å². The van der Waals surface area contributed by atoms with Gasteiger partial charge in [-0.15, -0.1) is 0 Å². The van der Waals surface area contributed by atoms with E-state index < -0.39 is 5.17 Å². The molecule has 0 unspecified atom stereocenters. The number of thiocarbonyl (C=S) groups is 2. The third-order valence-electron chi connectivity index (χ3n) is 1.69. The molecule has 0 bridgehead atoms. The highest BCUT2D eigenvalue weighted by atomic mass is 32.1. The lowest BCUT2D eigenvalue weighted by Crippen LogP contribution is -2.09. The van der Waals surface area contributed by atoms with E-state index in [-0.39, 0.29) is 0 Å². The standard InChI is InChI=1S/C9H8N2OS2.CH3NOS/c1-12-9(13)11-8-10-6-4-2-3-5-7(6)14-8;2-1(3)4/h2-5H,1H3,(H,10,11,13);(H3,2,3,4). The van der Waals surface area contributed by atoms with Crippen molar-refractivity contribution >= 4 is 61.5 Å². The first-order valence-corrected chi connectivity index (χ1v) is 6.35. The predicted molar refractivity (Wildman–Crippen MR) is 82.3 cm³/mol. The summed E-state index contributed by atoms with van der Waals surface area (Å²) < 4.78 is 5.97. The largest absolute Gasteiger partial charge is 0.487 e. The van der Waals surface area contributed by atoms with E-state index in [1.54, 1.807) is 11.3 Å². The zero-order valence-corrected chi connectivity index (χ0v) is 11.9. The Labute approximate surface area is 119 Å². The lowest BCUT2D eigenvalue weighted by Gasteiger charge is -2.00. The Balaban J connectivity index is 0.000000357. The molecule has 0 fully saturated rings. The third-order valence-corrected chi connectivity index (χ3v) is 2.91. The topological polar surface area (TPSA) is 80.4 Å². The van der Waals surface area contributed by atoms with Crippen molar-refractivity contribution < 1.29 is 9.84 Å². The van der Waals surface area contributed by atoms with Gasteiger partial charge in [0.1, 0.15) is 0 Å². The average molecular weight is 301 g/mol. The molecule has 0 saturated heterocycles. The molecule has 1 heterocycles. The van der Waals surface area contributed by atoms with Gasteiger partial charge < -0.3 is 15.6 Å². The maximum Gasteiger partial charge on any atom is 0.262 e. The number of para-hydroxylation sites is 1. The molecule has 1 aromatic carbocycles. The minimum absolute atomic E-state index is 0.337. The molecule has 0 aliphatic carbocycles. The van der Waals surface area contributed by atoms with E-state index in [2.05, 4.69) is 28.3 Å². The van der Waals surface area contributed by atoms with Crippen molar-refractivity contribution in [2.45, 2.75) is 0 Å². The Kier molecular flexibility index (Phi) is 5.69. The fourth-order valence-electron chi connectivity index (χ4n) is 1.06. The number of thiazole rings is 1. The number of fused-ring (bicyclic) bond motifs is 1. The molecule has 18 heavy (non-hydrogen) atoms. The van der Waals surface area contributed by atoms with Gasteiger partial charge in [-0.3, -0.25) is 5.32 Å². The third kappa shape index (κ3) is 4.78. The maximum absolute atomic E-state index is 7.56. The SMILES string of the molecule is COC(=S)Nc1nc2ccccc2s1.NC(O)=S. The van der Waals surface area contributed by atoms with E-state index in [0.29, 0.717) is 5.17 Å². The zero-order chi connectivity index (χ0) is 13.5. The Morgan fingerprint density at radius 3 is 2.61 bits per heavy atom. The summed E-state index contributed by atoms with van der Waals surface area (Å²) >= 11 is 10.3. The minimum atomic E-state index is -0.500. The van der Waals surface area contributed by atoms with E-state index in [9.17, 15) is 0 Å². The molecule has 8 heteroatoms. The number of aromatic nitrogens is 1. The number of aliphatic hydroxyl groups is 1. The van der Waals surface area contributed by atoms with Crippen molar-refractivity contribution in [1.82, 2.24) is 4.98 Å². The number of nitrogens with two attached hydrogens (primary N) is 1. The number of hydrogen-bond donors (Lipinski definition) is 3. The van der Waals surface area contributed by atoms with Gasteiger partial charge >= 0.3 is 0 Å². The van der Waals surface area contributed by atoms with Crippen LogP contribution in [0.4, 0.5) is 5.13 Å². The first-order valence-electron chi connectivity index (χ1n) is 4.72. The second-order valence-electron chi connectivity index (χ2n) is 2.94. The molecule has 96 valence electrons. The molecule has 4 N–H and O–H groups in total. The number of methoxy groups -OCH3 is 1. The van der Waals surface area contributed by atoms with E-state index >= 15 is 0 Å². The highest BCUT2D eigenvalue weighted by Crippen LogP contribution is 2.25. The van der Waals surface area contributed by atoms with Crippen molar-refractivity contribution in [2.75, 3.05) is 12.4 Å². The highest BCUT2D eigenvalue weighted by Gasteiger charge is 2.03. The summed E-state index contributed by atoms with van der Waals surface area (Å²) in [6.07, 6.45) is 0. The van der Waals surface area contributed by atoms with Crippen LogP contribution in [0.15, 0.2) is 24.3 Å². The van der Waals surface area contributed by atoms with E-state index in [4.69, 9.17) is 22.1 Å². The van der Waals surface area contributed by atoms with Crippen LogP contribution >= 0.6 is 35.8 Å². The van der Waals surface area contributed by atoms with Crippen LogP contribution in [0.3, 0.4) is 0 Å². The van der Waals surface area contributed by atoms with Crippen molar-refractivity contribution in [1.29, 1.82) is 0 Å². The van der Waals surface area contributed by atoms with Gasteiger partial charge in [0.2, 0.25) is 0 Å². The van der Waals surface area contributed by atoms with Crippen molar-refractivity contribution in [2.24, 2.45) is 5.73 Å². The Hall–Kier alpha value is -1.51. The molecular formula is C10H11N3O2S3. The lowest BCUT2D eigenvalue weighted by molar-refractivity contribution is 0.413. The predicted octanol–water partition coefficient (Wildman–Crippen LogP) is 2.43. The van der Waals surface area contributed by atoms with Gasteiger partial charge in [-0.05, 0) is 36.6 Å². The number of hydrogen-bond acceptors (Lipinski definition) is 5. The summed E-state index contributed by atoms with van der Waals surface area (Å²) in [5, 5.41) is 11.1. The van der Waals surface area contributed by atoms with Gasteiger partial charge in [0.25, 0.3) is 10.3 Å². The first kappa shape index (κ1) is 14.6.